The highest BCUT2D eigenvalue weighted by molar-refractivity contribution is 9.10. The number of anilines is 2. The molecule has 2 aromatic heterocycles. The fourth-order valence-corrected chi connectivity index (χ4v) is 1.40. The van der Waals surface area contributed by atoms with Gasteiger partial charge in [0.15, 0.2) is 0 Å². The highest BCUT2D eigenvalue weighted by Crippen LogP contribution is 2.11. The lowest BCUT2D eigenvalue weighted by Crippen LogP contribution is -2.20. The van der Waals surface area contributed by atoms with Gasteiger partial charge in [-0.15, -0.1) is 0 Å². The van der Waals surface area contributed by atoms with Gasteiger partial charge in [-0.05, 0) is 40.2 Å². The minimum Gasteiger partial charge on any atom is -0.306 e. The van der Waals surface area contributed by atoms with Crippen molar-refractivity contribution in [3.8, 4) is 0 Å². The highest BCUT2D eigenvalue weighted by Gasteiger charge is 2.02. The van der Waals surface area contributed by atoms with Crippen molar-refractivity contribution in [2.24, 2.45) is 0 Å². The summed E-state index contributed by atoms with van der Waals surface area (Å²) in [5, 5.41) is 5.25. The lowest BCUT2D eigenvalue weighted by molar-refractivity contribution is 0.262. The molecule has 0 aliphatic heterocycles. The fraction of sp³-hybridized carbons (Fsp3) is 0. The maximum atomic E-state index is 11.6. The Labute approximate surface area is 106 Å². The van der Waals surface area contributed by atoms with E-state index in [1.165, 1.54) is 0 Å². The third-order valence-corrected chi connectivity index (χ3v) is 2.36. The van der Waals surface area contributed by atoms with Crippen LogP contribution in [0.2, 0.25) is 0 Å². The summed E-state index contributed by atoms with van der Waals surface area (Å²) in [6.45, 7) is 0. The average molecular weight is 293 g/mol. The van der Waals surface area contributed by atoms with Crippen molar-refractivity contribution in [2.45, 2.75) is 0 Å². The Morgan fingerprint density at radius 3 is 2.71 bits per heavy atom. The molecule has 0 aliphatic rings. The zero-order valence-electron chi connectivity index (χ0n) is 8.72. The van der Waals surface area contributed by atoms with Gasteiger partial charge < -0.3 is 5.32 Å². The molecule has 2 heterocycles. The molecule has 0 unspecified atom stereocenters. The number of halogens is 1. The minimum absolute atomic E-state index is 0.354. The largest absolute Gasteiger partial charge is 0.324 e. The molecular formula is C11H9BrN4O. The van der Waals surface area contributed by atoms with E-state index in [-0.39, 0.29) is 6.03 Å². The summed E-state index contributed by atoms with van der Waals surface area (Å²) in [7, 11) is 0. The number of nitrogens with one attached hydrogen (secondary N) is 2. The first kappa shape index (κ1) is 11.5. The first-order chi connectivity index (χ1) is 8.24. The maximum absolute atomic E-state index is 11.6. The third kappa shape index (κ3) is 3.53. The van der Waals surface area contributed by atoms with Crippen LogP contribution in [-0.4, -0.2) is 16.0 Å². The molecule has 2 N–H and O–H groups in total. The molecule has 0 radical (unpaired) electrons. The Morgan fingerprint density at radius 1 is 1.18 bits per heavy atom. The summed E-state index contributed by atoms with van der Waals surface area (Å²) >= 11 is 3.27. The molecule has 86 valence electrons. The minimum atomic E-state index is -0.354. The molecule has 2 aromatic rings. The van der Waals surface area contributed by atoms with E-state index in [1.54, 1.807) is 42.9 Å². The number of hydrogen-bond acceptors (Lipinski definition) is 3. The topological polar surface area (TPSA) is 66.9 Å². The van der Waals surface area contributed by atoms with Gasteiger partial charge in [-0.25, -0.2) is 9.78 Å². The average Bonchev–Trinajstić information content (AvgIpc) is 2.33. The van der Waals surface area contributed by atoms with E-state index in [0.717, 1.165) is 4.47 Å². The summed E-state index contributed by atoms with van der Waals surface area (Å²) in [6, 6.07) is 6.64. The summed E-state index contributed by atoms with van der Waals surface area (Å²) in [6.07, 6.45) is 4.81. The molecule has 5 nitrogen and oxygen atoms in total. The van der Waals surface area contributed by atoms with Crippen molar-refractivity contribution < 1.29 is 4.79 Å². The van der Waals surface area contributed by atoms with Gasteiger partial charge in [-0.3, -0.25) is 10.3 Å². The fourth-order valence-electron chi connectivity index (χ4n) is 1.17. The van der Waals surface area contributed by atoms with Crippen LogP contribution in [0.1, 0.15) is 0 Å². The number of hydrogen-bond donors (Lipinski definition) is 2. The van der Waals surface area contributed by atoms with Crippen molar-refractivity contribution in [3.05, 3.63) is 47.3 Å². The smallest absolute Gasteiger partial charge is 0.306 e. The second-order valence-corrected chi connectivity index (χ2v) is 4.10. The summed E-state index contributed by atoms with van der Waals surface area (Å²) < 4.78 is 0.857. The zero-order chi connectivity index (χ0) is 12.1. The van der Waals surface area contributed by atoms with Gasteiger partial charge in [0.05, 0.1) is 11.9 Å². The molecule has 0 fully saturated rings. The van der Waals surface area contributed by atoms with Crippen molar-refractivity contribution in [1.29, 1.82) is 0 Å². The molecule has 0 aliphatic carbocycles. The van der Waals surface area contributed by atoms with E-state index in [0.29, 0.717) is 11.5 Å². The Kier molecular flexibility index (Phi) is 3.66. The predicted octanol–water partition coefficient (Wildman–Crippen LogP) is 2.88. The van der Waals surface area contributed by atoms with E-state index in [2.05, 4.69) is 36.5 Å². The monoisotopic (exact) mass is 292 g/mol. The van der Waals surface area contributed by atoms with Crippen LogP contribution in [0.3, 0.4) is 0 Å². The quantitative estimate of drug-likeness (QED) is 0.894. The van der Waals surface area contributed by atoms with Crippen LogP contribution in [0.4, 0.5) is 16.3 Å². The number of nitrogens with zero attached hydrogens (tertiary/aromatic N) is 2. The lowest BCUT2D eigenvalue weighted by Gasteiger charge is -2.06. The lowest BCUT2D eigenvalue weighted by atomic mass is 10.4. The zero-order valence-corrected chi connectivity index (χ0v) is 10.3. The summed E-state index contributed by atoms with van der Waals surface area (Å²) in [4.78, 5) is 19.5. The Balaban J connectivity index is 1.96. The van der Waals surface area contributed by atoms with E-state index in [4.69, 9.17) is 0 Å². The molecule has 17 heavy (non-hydrogen) atoms. The van der Waals surface area contributed by atoms with Crippen molar-refractivity contribution in [2.75, 3.05) is 10.6 Å². The van der Waals surface area contributed by atoms with Crippen LogP contribution in [-0.2, 0) is 0 Å². The number of aromatic nitrogens is 2. The van der Waals surface area contributed by atoms with E-state index < -0.39 is 0 Å². The Hall–Kier alpha value is -1.95. The van der Waals surface area contributed by atoms with Gasteiger partial charge in [0.1, 0.15) is 5.82 Å². The maximum Gasteiger partial charge on any atom is 0.324 e. The van der Waals surface area contributed by atoms with Crippen LogP contribution >= 0.6 is 15.9 Å². The van der Waals surface area contributed by atoms with Crippen molar-refractivity contribution in [1.82, 2.24) is 9.97 Å². The van der Waals surface area contributed by atoms with Gasteiger partial charge >= 0.3 is 6.03 Å². The standard InChI is InChI=1S/C11H9BrN4O/c12-8-3-4-10(14-6-8)16-11(17)15-9-2-1-5-13-7-9/h1-7H,(H2,14,15,16,17). The van der Waals surface area contributed by atoms with Crippen LogP contribution in [0.5, 0.6) is 0 Å². The van der Waals surface area contributed by atoms with Crippen molar-refractivity contribution >= 4 is 33.5 Å². The van der Waals surface area contributed by atoms with Gasteiger partial charge in [0.25, 0.3) is 0 Å². The van der Waals surface area contributed by atoms with Gasteiger partial charge in [-0.2, -0.15) is 0 Å². The molecule has 6 heteroatoms. The second kappa shape index (κ2) is 5.40. The van der Waals surface area contributed by atoms with E-state index in [9.17, 15) is 4.79 Å². The number of carbonyl (C=O) groups is 1. The molecule has 2 rings (SSSR count). The number of carbonyl (C=O) groups excluding carboxylic acids is 1. The van der Waals surface area contributed by atoms with Crippen LogP contribution in [0.25, 0.3) is 0 Å². The van der Waals surface area contributed by atoms with Crippen LogP contribution < -0.4 is 10.6 Å². The van der Waals surface area contributed by atoms with Gasteiger partial charge in [-0.1, -0.05) is 0 Å². The number of pyridine rings is 2. The summed E-state index contributed by atoms with van der Waals surface area (Å²) in [5.41, 5.74) is 0.627. The van der Waals surface area contributed by atoms with E-state index >= 15 is 0 Å². The number of urea groups is 1. The second-order valence-electron chi connectivity index (χ2n) is 3.18. The molecule has 0 bridgehead atoms. The number of rotatable bonds is 2. The van der Waals surface area contributed by atoms with Crippen molar-refractivity contribution in [3.63, 3.8) is 0 Å². The first-order valence-corrected chi connectivity index (χ1v) is 5.63. The molecule has 0 saturated carbocycles. The molecular weight excluding hydrogens is 284 g/mol. The molecule has 2 amide bonds. The molecule has 0 atom stereocenters. The van der Waals surface area contributed by atoms with Gasteiger partial charge in [0.2, 0.25) is 0 Å². The van der Waals surface area contributed by atoms with Crippen LogP contribution in [0, 0.1) is 0 Å². The van der Waals surface area contributed by atoms with Gasteiger partial charge in [0, 0.05) is 16.9 Å². The third-order valence-electron chi connectivity index (χ3n) is 1.89. The van der Waals surface area contributed by atoms with E-state index in [1.807, 2.05) is 0 Å². The highest BCUT2D eigenvalue weighted by atomic mass is 79.9. The SMILES string of the molecule is O=C(Nc1cccnc1)Nc1ccc(Br)cn1. The molecule has 0 spiro atoms. The first-order valence-electron chi connectivity index (χ1n) is 4.83. The molecule has 0 aromatic carbocycles. The normalized spacial score (nSPS) is 9.71. The summed E-state index contributed by atoms with van der Waals surface area (Å²) in [5.74, 6) is 0.481. The predicted molar refractivity (Wildman–Crippen MR) is 68.8 cm³/mol. The van der Waals surface area contributed by atoms with Crippen LogP contribution in [0.15, 0.2) is 47.3 Å². The Bertz CT molecular complexity index is 501. The molecule has 0 saturated heterocycles. The number of amides is 2. The Morgan fingerprint density at radius 2 is 2.06 bits per heavy atom.